The number of furan rings is 1. The highest BCUT2D eigenvalue weighted by Gasteiger charge is 2.21. The van der Waals surface area contributed by atoms with E-state index in [1.807, 2.05) is 0 Å². The summed E-state index contributed by atoms with van der Waals surface area (Å²) in [7, 11) is -3.70. The maximum absolute atomic E-state index is 14.1. The fraction of sp³-hybridized carbons (Fsp3) is 0.150. The summed E-state index contributed by atoms with van der Waals surface area (Å²) in [4.78, 5) is 12.2. The van der Waals surface area contributed by atoms with Gasteiger partial charge in [-0.05, 0) is 42.0 Å². The smallest absolute Gasteiger partial charge is 0.251 e. The van der Waals surface area contributed by atoms with Crippen LogP contribution in [-0.2, 0) is 23.1 Å². The standard InChI is InChI=1S/C20H19FN2O4S/c1-28(25,26)23(19-7-3-2-6-18(19)21)14-15-8-10-16(11-9-15)20(24)22-13-17-5-4-12-27-17/h2-12H,13-14H2,1H3,(H,22,24). The molecule has 146 valence electrons. The summed E-state index contributed by atoms with van der Waals surface area (Å²) in [5.41, 5.74) is 1.02. The lowest BCUT2D eigenvalue weighted by atomic mass is 10.1. The van der Waals surface area contributed by atoms with Gasteiger partial charge in [0.15, 0.2) is 0 Å². The maximum atomic E-state index is 14.1. The molecule has 1 aromatic heterocycles. The molecule has 0 radical (unpaired) electrons. The van der Waals surface area contributed by atoms with Crippen LogP contribution in [0.1, 0.15) is 21.7 Å². The minimum atomic E-state index is -3.70. The summed E-state index contributed by atoms with van der Waals surface area (Å²) in [6.45, 7) is 0.219. The molecule has 1 N–H and O–H groups in total. The molecule has 1 heterocycles. The fourth-order valence-corrected chi connectivity index (χ4v) is 3.53. The molecular formula is C20H19FN2O4S. The van der Waals surface area contributed by atoms with Crippen molar-refractivity contribution in [3.05, 3.63) is 89.6 Å². The van der Waals surface area contributed by atoms with Gasteiger partial charge >= 0.3 is 0 Å². The summed E-state index contributed by atoms with van der Waals surface area (Å²) >= 11 is 0. The molecule has 2 aromatic carbocycles. The number of para-hydroxylation sites is 1. The molecule has 0 aliphatic rings. The van der Waals surface area contributed by atoms with Crippen LogP contribution < -0.4 is 9.62 Å². The zero-order valence-corrected chi connectivity index (χ0v) is 15.9. The second-order valence-corrected chi connectivity index (χ2v) is 8.09. The lowest BCUT2D eigenvalue weighted by Crippen LogP contribution is -2.30. The van der Waals surface area contributed by atoms with Crippen molar-refractivity contribution < 1.29 is 22.0 Å². The number of sulfonamides is 1. The predicted octanol–water partition coefficient (Wildman–Crippen LogP) is 3.31. The third kappa shape index (κ3) is 4.77. The number of halogens is 1. The molecule has 0 atom stereocenters. The Labute approximate surface area is 162 Å². The second kappa shape index (κ2) is 8.26. The van der Waals surface area contributed by atoms with Crippen LogP contribution in [0.2, 0.25) is 0 Å². The van der Waals surface area contributed by atoms with Crippen molar-refractivity contribution in [3.63, 3.8) is 0 Å². The SMILES string of the molecule is CS(=O)(=O)N(Cc1ccc(C(=O)NCc2ccco2)cc1)c1ccccc1F. The van der Waals surface area contributed by atoms with Crippen molar-refractivity contribution in [2.24, 2.45) is 0 Å². The number of benzene rings is 2. The lowest BCUT2D eigenvalue weighted by molar-refractivity contribution is 0.0948. The summed E-state index contributed by atoms with van der Waals surface area (Å²) < 4.78 is 44.5. The average molecular weight is 402 g/mol. The zero-order valence-electron chi connectivity index (χ0n) is 15.1. The van der Waals surface area contributed by atoms with Gasteiger partial charge in [0, 0.05) is 5.56 Å². The average Bonchev–Trinajstić information content (AvgIpc) is 3.18. The fourth-order valence-electron chi connectivity index (χ4n) is 2.65. The van der Waals surface area contributed by atoms with Crippen molar-refractivity contribution >= 4 is 21.6 Å². The van der Waals surface area contributed by atoms with Gasteiger partial charge in [-0.25, -0.2) is 12.8 Å². The zero-order chi connectivity index (χ0) is 20.1. The maximum Gasteiger partial charge on any atom is 0.251 e. The van der Waals surface area contributed by atoms with Crippen molar-refractivity contribution in [2.45, 2.75) is 13.1 Å². The molecule has 0 saturated heterocycles. The Kier molecular flexibility index (Phi) is 5.79. The number of hydrogen-bond donors (Lipinski definition) is 1. The first-order valence-corrected chi connectivity index (χ1v) is 10.3. The van der Waals surface area contributed by atoms with E-state index in [-0.39, 0.29) is 24.7 Å². The summed E-state index contributed by atoms with van der Waals surface area (Å²) in [6, 6.07) is 15.6. The number of nitrogens with one attached hydrogen (secondary N) is 1. The monoisotopic (exact) mass is 402 g/mol. The van der Waals surface area contributed by atoms with E-state index in [9.17, 15) is 17.6 Å². The van der Waals surface area contributed by atoms with Crippen molar-refractivity contribution in [1.82, 2.24) is 5.32 Å². The van der Waals surface area contributed by atoms with E-state index in [0.29, 0.717) is 16.9 Å². The van der Waals surface area contributed by atoms with Gasteiger partial charge in [0.25, 0.3) is 5.91 Å². The molecule has 6 nitrogen and oxygen atoms in total. The largest absolute Gasteiger partial charge is 0.467 e. The predicted molar refractivity (Wildman–Crippen MR) is 104 cm³/mol. The minimum Gasteiger partial charge on any atom is -0.467 e. The molecule has 0 aliphatic carbocycles. The van der Waals surface area contributed by atoms with E-state index in [0.717, 1.165) is 10.6 Å². The second-order valence-electron chi connectivity index (χ2n) is 6.18. The van der Waals surface area contributed by atoms with E-state index >= 15 is 0 Å². The van der Waals surface area contributed by atoms with E-state index < -0.39 is 15.8 Å². The van der Waals surface area contributed by atoms with E-state index in [2.05, 4.69) is 5.32 Å². The van der Waals surface area contributed by atoms with Crippen LogP contribution in [0.5, 0.6) is 0 Å². The minimum absolute atomic E-state index is 0.0229. The number of hydrogen-bond acceptors (Lipinski definition) is 4. The third-order valence-electron chi connectivity index (χ3n) is 4.07. The molecular weight excluding hydrogens is 383 g/mol. The normalized spacial score (nSPS) is 11.2. The molecule has 8 heteroatoms. The van der Waals surface area contributed by atoms with Crippen LogP contribution in [0.3, 0.4) is 0 Å². The molecule has 3 rings (SSSR count). The van der Waals surface area contributed by atoms with Gasteiger partial charge in [0.2, 0.25) is 10.0 Å². The first-order chi connectivity index (χ1) is 13.3. The molecule has 0 saturated carbocycles. The van der Waals surface area contributed by atoms with Gasteiger partial charge in [0.05, 0.1) is 31.3 Å². The van der Waals surface area contributed by atoms with E-state index in [4.69, 9.17) is 4.42 Å². The Morgan fingerprint density at radius 1 is 1.07 bits per heavy atom. The highest BCUT2D eigenvalue weighted by molar-refractivity contribution is 7.92. The Hall–Kier alpha value is -3.13. The number of nitrogens with zero attached hydrogens (tertiary/aromatic N) is 1. The van der Waals surface area contributed by atoms with Gasteiger partial charge in [0.1, 0.15) is 11.6 Å². The van der Waals surface area contributed by atoms with E-state index in [1.165, 1.54) is 24.5 Å². The van der Waals surface area contributed by atoms with E-state index in [1.54, 1.807) is 42.5 Å². The summed E-state index contributed by atoms with van der Waals surface area (Å²) in [5.74, 6) is -0.266. The summed E-state index contributed by atoms with van der Waals surface area (Å²) in [5, 5.41) is 2.73. The first kappa shape index (κ1) is 19.6. The highest BCUT2D eigenvalue weighted by atomic mass is 32.2. The molecule has 0 unspecified atom stereocenters. The molecule has 0 fully saturated rings. The van der Waals surface area contributed by atoms with Crippen LogP contribution in [0.4, 0.5) is 10.1 Å². The topological polar surface area (TPSA) is 79.6 Å². The molecule has 28 heavy (non-hydrogen) atoms. The van der Waals surface area contributed by atoms with Crippen LogP contribution in [0, 0.1) is 5.82 Å². The van der Waals surface area contributed by atoms with Gasteiger partial charge < -0.3 is 9.73 Å². The lowest BCUT2D eigenvalue weighted by Gasteiger charge is -2.23. The number of anilines is 1. The molecule has 1 amide bonds. The van der Waals surface area contributed by atoms with Gasteiger partial charge in [-0.15, -0.1) is 0 Å². The van der Waals surface area contributed by atoms with Crippen molar-refractivity contribution in [2.75, 3.05) is 10.6 Å². The Bertz CT molecular complexity index is 1050. The Morgan fingerprint density at radius 3 is 2.39 bits per heavy atom. The molecule has 3 aromatic rings. The molecule has 0 spiro atoms. The van der Waals surface area contributed by atoms with Gasteiger partial charge in [-0.2, -0.15) is 0 Å². The van der Waals surface area contributed by atoms with Crippen molar-refractivity contribution in [3.8, 4) is 0 Å². The van der Waals surface area contributed by atoms with Gasteiger partial charge in [-0.3, -0.25) is 9.10 Å². The van der Waals surface area contributed by atoms with Crippen molar-refractivity contribution in [1.29, 1.82) is 0 Å². The van der Waals surface area contributed by atoms with Crippen LogP contribution in [0.15, 0.2) is 71.3 Å². The number of carbonyl (C=O) groups is 1. The van der Waals surface area contributed by atoms with Gasteiger partial charge in [-0.1, -0.05) is 24.3 Å². The number of carbonyl (C=O) groups excluding carboxylic acids is 1. The quantitative estimate of drug-likeness (QED) is 0.658. The Balaban J connectivity index is 1.73. The number of amides is 1. The third-order valence-corrected chi connectivity index (χ3v) is 5.19. The summed E-state index contributed by atoms with van der Waals surface area (Å²) in [6.07, 6.45) is 2.55. The Morgan fingerprint density at radius 2 is 1.79 bits per heavy atom. The van der Waals surface area contributed by atoms with Crippen LogP contribution >= 0.6 is 0 Å². The molecule has 0 aliphatic heterocycles. The van der Waals surface area contributed by atoms with Crippen LogP contribution in [0.25, 0.3) is 0 Å². The molecule has 0 bridgehead atoms. The van der Waals surface area contributed by atoms with Crippen LogP contribution in [-0.4, -0.2) is 20.6 Å². The first-order valence-electron chi connectivity index (χ1n) is 8.46. The highest BCUT2D eigenvalue weighted by Crippen LogP contribution is 2.23. The number of rotatable bonds is 7.